The number of hydrogen-bond donors (Lipinski definition) is 2. The highest BCUT2D eigenvalue weighted by Crippen LogP contribution is 2.28. The molecule has 74 valence electrons. The minimum atomic E-state index is -0.899. The Balaban J connectivity index is 4.44. The van der Waals surface area contributed by atoms with Crippen LogP contribution in [0, 0.1) is 0 Å². The number of hydrogen-bond acceptors (Lipinski definition) is 3. The van der Waals surface area contributed by atoms with Gasteiger partial charge in [-0.1, -0.05) is 0 Å². The van der Waals surface area contributed by atoms with Crippen molar-refractivity contribution >= 4 is 0 Å². The molecule has 0 rings (SSSR count). The summed E-state index contributed by atoms with van der Waals surface area (Å²) in [7, 11) is 0. The summed E-state index contributed by atoms with van der Waals surface area (Å²) in [6.07, 6.45) is 0. The van der Waals surface area contributed by atoms with Gasteiger partial charge in [-0.3, -0.25) is 0 Å². The molecule has 0 heterocycles. The minimum Gasteiger partial charge on any atom is -0.387 e. The maximum absolute atomic E-state index is 9.73. The zero-order valence-corrected chi connectivity index (χ0v) is 8.93. The zero-order chi connectivity index (χ0) is 10.2. The van der Waals surface area contributed by atoms with Crippen LogP contribution in [-0.4, -0.2) is 22.0 Å². The molecule has 0 unspecified atom stereocenters. The van der Waals surface area contributed by atoms with Gasteiger partial charge in [0.2, 0.25) is 0 Å². The van der Waals surface area contributed by atoms with E-state index in [1.54, 1.807) is 27.7 Å². The Morgan fingerprint density at radius 3 is 1.42 bits per heavy atom. The monoisotopic (exact) mass is 175 g/mol. The van der Waals surface area contributed by atoms with Crippen molar-refractivity contribution in [1.82, 2.24) is 0 Å². The van der Waals surface area contributed by atoms with Crippen LogP contribution in [0.1, 0.15) is 41.5 Å². The first kappa shape index (κ1) is 11.9. The second-order valence-electron chi connectivity index (χ2n) is 4.77. The third-order valence-corrected chi connectivity index (χ3v) is 1.99. The highest BCUT2D eigenvalue weighted by atomic mass is 16.5. The van der Waals surface area contributed by atoms with E-state index >= 15 is 0 Å². The Morgan fingerprint density at radius 1 is 1.00 bits per heavy atom. The lowest BCUT2D eigenvalue weighted by Gasteiger charge is -2.41. The van der Waals surface area contributed by atoms with Gasteiger partial charge < -0.3 is 15.6 Å². The lowest BCUT2D eigenvalue weighted by atomic mass is 9.89. The average Bonchev–Trinajstić information content (AvgIpc) is 1.52. The quantitative estimate of drug-likeness (QED) is 0.635. The SMILES string of the molecule is CC(C)(N)OC(C)(C)C(C)(C)O. The molecule has 0 bridgehead atoms. The van der Waals surface area contributed by atoms with E-state index in [1.165, 1.54) is 0 Å². The molecule has 0 aromatic heterocycles. The summed E-state index contributed by atoms with van der Waals surface area (Å²) in [5, 5.41) is 9.73. The van der Waals surface area contributed by atoms with Gasteiger partial charge in [0, 0.05) is 0 Å². The van der Waals surface area contributed by atoms with Crippen molar-refractivity contribution in [3.05, 3.63) is 0 Å². The molecule has 0 amide bonds. The Morgan fingerprint density at radius 2 is 1.33 bits per heavy atom. The molecule has 3 heteroatoms. The number of nitrogens with two attached hydrogens (primary N) is 1. The van der Waals surface area contributed by atoms with E-state index in [2.05, 4.69) is 0 Å². The molecular formula is C9H21NO2. The fraction of sp³-hybridized carbons (Fsp3) is 1.00. The topological polar surface area (TPSA) is 55.5 Å². The first-order chi connectivity index (χ1) is 4.96. The van der Waals surface area contributed by atoms with Crippen LogP contribution in [0.3, 0.4) is 0 Å². The molecule has 0 aliphatic heterocycles. The molecule has 0 saturated carbocycles. The van der Waals surface area contributed by atoms with Gasteiger partial charge in [0.15, 0.2) is 0 Å². The summed E-state index contributed by atoms with van der Waals surface area (Å²) < 4.78 is 5.52. The number of aliphatic hydroxyl groups is 1. The summed E-state index contributed by atoms with van der Waals surface area (Å²) in [5.74, 6) is 0. The average molecular weight is 175 g/mol. The van der Waals surface area contributed by atoms with Crippen molar-refractivity contribution in [3.8, 4) is 0 Å². The maximum Gasteiger partial charge on any atom is 0.111 e. The first-order valence-corrected chi connectivity index (χ1v) is 4.17. The van der Waals surface area contributed by atoms with E-state index < -0.39 is 16.9 Å². The van der Waals surface area contributed by atoms with Gasteiger partial charge in [-0.2, -0.15) is 0 Å². The standard InChI is InChI=1S/C9H21NO2/c1-7(2,11)8(3,4)12-9(5,6)10/h11H,10H2,1-6H3. The van der Waals surface area contributed by atoms with Crippen LogP contribution in [0.2, 0.25) is 0 Å². The molecule has 0 aliphatic rings. The molecule has 0 atom stereocenters. The van der Waals surface area contributed by atoms with E-state index in [4.69, 9.17) is 10.5 Å². The van der Waals surface area contributed by atoms with Crippen LogP contribution in [-0.2, 0) is 4.74 Å². The lowest BCUT2D eigenvalue weighted by Crippen LogP contribution is -2.54. The van der Waals surface area contributed by atoms with Crippen molar-refractivity contribution in [3.63, 3.8) is 0 Å². The number of ether oxygens (including phenoxy) is 1. The largest absolute Gasteiger partial charge is 0.387 e. The van der Waals surface area contributed by atoms with Crippen LogP contribution >= 0.6 is 0 Å². The van der Waals surface area contributed by atoms with Gasteiger partial charge in [-0.25, -0.2) is 0 Å². The Labute approximate surface area is 74.9 Å². The second-order valence-corrected chi connectivity index (χ2v) is 4.77. The Hall–Kier alpha value is -0.120. The normalized spacial score (nSPS) is 15.0. The first-order valence-electron chi connectivity index (χ1n) is 4.17. The Kier molecular flexibility index (Phi) is 2.95. The number of rotatable bonds is 3. The van der Waals surface area contributed by atoms with E-state index in [0.717, 1.165) is 0 Å². The maximum atomic E-state index is 9.73. The summed E-state index contributed by atoms with van der Waals surface area (Å²) in [6, 6.07) is 0. The summed E-state index contributed by atoms with van der Waals surface area (Å²) in [6.45, 7) is 10.6. The van der Waals surface area contributed by atoms with Gasteiger partial charge in [0.05, 0.1) is 11.2 Å². The fourth-order valence-electron chi connectivity index (χ4n) is 0.783. The van der Waals surface area contributed by atoms with Crippen molar-refractivity contribution < 1.29 is 9.84 Å². The van der Waals surface area contributed by atoms with Gasteiger partial charge in [-0.05, 0) is 41.5 Å². The van der Waals surface area contributed by atoms with Crippen LogP contribution in [0.5, 0.6) is 0 Å². The molecule has 0 fully saturated rings. The summed E-state index contributed by atoms with van der Waals surface area (Å²) in [4.78, 5) is 0. The highest BCUT2D eigenvalue weighted by molar-refractivity contribution is 4.89. The molecular weight excluding hydrogens is 154 g/mol. The smallest absolute Gasteiger partial charge is 0.111 e. The predicted molar refractivity (Wildman–Crippen MR) is 49.7 cm³/mol. The van der Waals surface area contributed by atoms with Gasteiger partial charge in [-0.15, -0.1) is 0 Å². The van der Waals surface area contributed by atoms with Crippen molar-refractivity contribution in [2.75, 3.05) is 0 Å². The fourth-order valence-corrected chi connectivity index (χ4v) is 0.783. The van der Waals surface area contributed by atoms with Gasteiger partial charge in [0.1, 0.15) is 5.72 Å². The Bertz CT molecular complexity index is 151. The predicted octanol–water partition coefficient (Wildman–Crippen LogP) is 1.25. The second kappa shape index (κ2) is 2.98. The lowest BCUT2D eigenvalue weighted by molar-refractivity contribution is -0.201. The van der Waals surface area contributed by atoms with E-state index in [9.17, 15) is 5.11 Å². The van der Waals surface area contributed by atoms with Crippen molar-refractivity contribution in [2.24, 2.45) is 5.73 Å². The molecule has 3 N–H and O–H groups in total. The van der Waals surface area contributed by atoms with Gasteiger partial charge in [0.25, 0.3) is 0 Å². The van der Waals surface area contributed by atoms with Crippen LogP contribution in [0.4, 0.5) is 0 Å². The molecule has 0 spiro atoms. The van der Waals surface area contributed by atoms with Crippen molar-refractivity contribution in [2.45, 2.75) is 58.5 Å². The van der Waals surface area contributed by atoms with Crippen LogP contribution in [0.25, 0.3) is 0 Å². The summed E-state index contributed by atoms with van der Waals surface area (Å²) in [5.41, 5.74) is 3.42. The van der Waals surface area contributed by atoms with Crippen LogP contribution < -0.4 is 5.73 Å². The van der Waals surface area contributed by atoms with E-state index in [1.807, 2.05) is 13.8 Å². The zero-order valence-electron chi connectivity index (χ0n) is 8.93. The molecule has 0 aromatic carbocycles. The minimum absolute atomic E-state index is 0.648. The molecule has 0 aromatic rings. The molecule has 12 heavy (non-hydrogen) atoms. The van der Waals surface area contributed by atoms with Crippen molar-refractivity contribution in [1.29, 1.82) is 0 Å². The molecule has 0 saturated heterocycles. The summed E-state index contributed by atoms with van der Waals surface area (Å²) >= 11 is 0. The van der Waals surface area contributed by atoms with Gasteiger partial charge >= 0.3 is 0 Å². The molecule has 0 aliphatic carbocycles. The third-order valence-electron chi connectivity index (χ3n) is 1.99. The molecule has 3 nitrogen and oxygen atoms in total. The van der Waals surface area contributed by atoms with E-state index in [-0.39, 0.29) is 0 Å². The van der Waals surface area contributed by atoms with Crippen LogP contribution in [0.15, 0.2) is 0 Å². The third kappa shape index (κ3) is 3.52. The highest BCUT2D eigenvalue weighted by Gasteiger charge is 2.39. The molecule has 0 radical (unpaired) electrons. The van der Waals surface area contributed by atoms with E-state index in [0.29, 0.717) is 0 Å².